The molecule has 7 heteroatoms. The molecule has 0 bridgehead atoms. The Bertz CT molecular complexity index is 607. The lowest BCUT2D eigenvalue weighted by molar-refractivity contribution is -0.384. The molecule has 1 aromatic carbocycles. The number of amides is 1. The van der Waals surface area contributed by atoms with E-state index in [2.05, 4.69) is 5.32 Å². The lowest BCUT2D eigenvalue weighted by Gasteiger charge is -2.31. The van der Waals surface area contributed by atoms with Crippen molar-refractivity contribution in [1.82, 2.24) is 4.90 Å². The summed E-state index contributed by atoms with van der Waals surface area (Å²) in [4.78, 5) is 25.2. The topological polar surface area (TPSA) is 102 Å². The van der Waals surface area contributed by atoms with Crippen LogP contribution in [0.15, 0.2) is 18.2 Å². The number of nitro groups is 1. The van der Waals surface area contributed by atoms with Crippen LogP contribution in [-0.4, -0.2) is 41.4 Å². The van der Waals surface area contributed by atoms with Gasteiger partial charge in [-0.2, -0.15) is 0 Å². The second kappa shape index (κ2) is 6.54. The molecule has 23 heavy (non-hydrogen) atoms. The number of nitrogens with one attached hydrogen (secondary N) is 1. The van der Waals surface area contributed by atoms with Gasteiger partial charge in [-0.3, -0.25) is 14.9 Å². The third-order valence-corrected chi connectivity index (χ3v) is 4.61. The molecule has 3 rings (SSSR count). The van der Waals surface area contributed by atoms with E-state index in [9.17, 15) is 14.9 Å². The average molecular weight is 318 g/mol. The van der Waals surface area contributed by atoms with Gasteiger partial charge < -0.3 is 16.0 Å². The Hall–Kier alpha value is -2.15. The van der Waals surface area contributed by atoms with Crippen molar-refractivity contribution in [3.05, 3.63) is 33.9 Å². The van der Waals surface area contributed by atoms with E-state index >= 15 is 0 Å². The first-order chi connectivity index (χ1) is 11.1. The third kappa shape index (κ3) is 3.61. The van der Waals surface area contributed by atoms with Crippen molar-refractivity contribution in [2.75, 3.05) is 25.0 Å². The van der Waals surface area contributed by atoms with Crippen molar-refractivity contribution >= 4 is 17.3 Å². The van der Waals surface area contributed by atoms with E-state index in [0.717, 1.165) is 25.7 Å². The standard InChI is InChI=1S/C16H22N4O3/c17-10-11-5-7-19(8-6-11)16(21)12-1-4-14(18-13-2-3-13)15(9-12)20(22)23/h1,4,9,11,13,18H,2-3,5-8,10,17H2. The fraction of sp³-hybridized carbons (Fsp3) is 0.562. The monoisotopic (exact) mass is 318 g/mol. The van der Waals surface area contributed by atoms with Crippen LogP contribution >= 0.6 is 0 Å². The van der Waals surface area contributed by atoms with Crippen molar-refractivity contribution in [1.29, 1.82) is 0 Å². The molecular formula is C16H22N4O3. The van der Waals surface area contributed by atoms with Crippen LogP contribution in [0, 0.1) is 16.0 Å². The Kier molecular flexibility index (Phi) is 4.47. The first kappa shape index (κ1) is 15.7. The molecule has 1 saturated carbocycles. The van der Waals surface area contributed by atoms with Gasteiger partial charge in [-0.15, -0.1) is 0 Å². The number of carbonyl (C=O) groups excluding carboxylic acids is 1. The van der Waals surface area contributed by atoms with E-state index in [-0.39, 0.29) is 11.6 Å². The van der Waals surface area contributed by atoms with Crippen LogP contribution < -0.4 is 11.1 Å². The Balaban J connectivity index is 1.75. The molecule has 7 nitrogen and oxygen atoms in total. The number of nitro benzene ring substituents is 1. The van der Waals surface area contributed by atoms with Crippen LogP contribution in [0.5, 0.6) is 0 Å². The van der Waals surface area contributed by atoms with Crippen molar-refractivity contribution in [3.63, 3.8) is 0 Å². The first-order valence-corrected chi connectivity index (χ1v) is 8.13. The third-order valence-electron chi connectivity index (χ3n) is 4.61. The predicted molar refractivity (Wildman–Crippen MR) is 87.4 cm³/mol. The summed E-state index contributed by atoms with van der Waals surface area (Å²) >= 11 is 0. The van der Waals surface area contributed by atoms with Crippen LogP contribution in [0.2, 0.25) is 0 Å². The van der Waals surface area contributed by atoms with Crippen LogP contribution in [0.3, 0.4) is 0 Å². The van der Waals surface area contributed by atoms with Crippen molar-refractivity contribution in [2.45, 2.75) is 31.7 Å². The van der Waals surface area contributed by atoms with E-state index in [1.54, 1.807) is 17.0 Å². The molecule has 0 radical (unpaired) electrons. The number of anilines is 1. The highest BCUT2D eigenvalue weighted by Gasteiger charge is 2.27. The van der Waals surface area contributed by atoms with Gasteiger partial charge in [-0.05, 0) is 50.3 Å². The molecule has 1 aliphatic heterocycles. The van der Waals surface area contributed by atoms with Gasteiger partial charge >= 0.3 is 0 Å². The van der Waals surface area contributed by atoms with Crippen LogP contribution in [-0.2, 0) is 0 Å². The van der Waals surface area contributed by atoms with Crippen molar-refractivity contribution in [3.8, 4) is 0 Å². The smallest absolute Gasteiger partial charge is 0.293 e. The Morgan fingerprint density at radius 3 is 2.57 bits per heavy atom. The summed E-state index contributed by atoms with van der Waals surface area (Å²) in [6.45, 7) is 1.97. The Labute approximate surface area is 135 Å². The van der Waals surface area contributed by atoms with Gasteiger partial charge in [0.25, 0.3) is 11.6 Å². The maximum absolute atomic E-state index is 12.6. The lowest BCUT2D eigenvalue weighted by Crippen LogP contribution is -2.40. The second-order valence-corrected chi connectivity index (χ2v) is 6.38. The fourth-order valence-electron chi connectivity index (χ4n) is 2.94. The van der Waals surface area contributed by atoms with Gasteiger partial charge in [0.05, 0.1) is 4.92 Å². The molecule has 1 aliphatic carbocycles. The number of piperidine rings is 1. The number of hydrogen-bond acceptors (Lipinski definition) is 5. The summed E-state index contributed by atoms with van der Waals surface area (Å²) in [6, 6.07) is 5.04. The number of benzene rings is 1. The van der Waals surface area contributed by atoms with Gasteiger partial charge in [0, 0.05) is 30.8 Å². The summed E-state index contributed by atoms with van der Waals surface area (Å²) in [6.07, 6.45) is 3.86. The maximum atomic E-state index is 12.6. The number of rotatable bonds is 5. The zero-order chi connectivity index (χ0) is 16.4. The zero-order valence-corrected chi connectivity index (χ0v) is 13.0. The van der Waals surface area contributed by atoms with Crippen LogP contribution in [0.25, 0.3) is 0 Å². The summed E-state index contributed by atoms with van der Waals surface area (Å²) in [5.41, 5.74) is 6.51. The second-order valence-electron chi connectivity index (χ2n) is 6.38. The molecule has 0 aromatic heterocycles. The molecule has 1 amide bonds. The van der Waals surface area contributed by atoms with E-state index in [0.29, 0.717) is 42.8 Å². The van der Waals surface area contributed by atoms with E-state index < -0.39 is 4.92 Å². The molecule has 0 unspecified atom stereocenters. The van der Waals surface area contributed by atoms with E-state index in [4.69, 9.17) is 5.73 Å². The predicted octanol–water partition coefficient (Wildman–Crippen LogP) is 1.98. The zero-order valence-electron chi connectivity index (χ0n) is 13.0. The first-order valence-electron chi connectivity index (χ1n) is 8.13. The fourth-order valence-corrected chi connectivity index (χ4v) is 2.94. The number of hydrogen-bond donors (Lipinski definition) is 2. The van der Waals surface area contributed by atoms with Gasteiger partial charge in [0.2, 0.25) is 0 Å². The Morgan fingerprint density at radius 1 is 1.30 bits per heavy atom. The van der Waals surface area contributed by atoms with Crippen molar-refractivity contribution in [2.24, 2.45) is 11.7 Å². The number of nitrogens with zero attached hydrogens (tertiary/aromatic N) is 2. The normalized spacial score (nSPS) is 18.7. The average Bonchev–Trinajstić information content (AvgIpc) is 3.38. The molecule has 2 fully saturated rings. The van der Waals surface area contributed by atoms with E-state index in [1.807, 2.05) is 0 Å². The molecule has 2 aliphatic rings. The molecule has 1 aromatic rings. The molecule has 1 saturated heterocycles. The molecule has 124 valence electrons. The highest BCUT2D eigenvalue weighted by molar-refractivity contribution is 5.95. The van der Waals surface area contributed by atoms with Crippen molar-refractivity contribution < 1.29 is 9.72 Å². The Morgan fingerprint density at radius 2 is 2.00 bits per heavy atom. The van der Waals surface area contributed by atoms with Gasteiger partial charge in [0.1, 0.15) is 5.69 Å². The minimum Gasteiger partial charge on any atom is -0.377 e. The molecular weight excluding hydrogens is 296 g/mol. The maximum Gasteiger partial charge on any atom is 0.293 e. The highest BCUT2D eigenvalue weighted by atomic mass is 16.6. The summed E-state index contributed by atoms with van der Waals surface area (Å²) < 4.78 is 0. The van der Waals surface area contributed by atoms with Crippen LogP contribution in [0.1, 0.15) is 36.0 Å². The quantitative estimate of drug-likeness (QED) is 0.638. The van der Waals surface area contributed by atoms with E-state index in [1.165, 1.54) is 6.07 Å². The van der Waals surface area contributed by atoms with Gasteiger partial charge in [0.15, 0.2) is 0 Å². The summed E-state index contributed by atoms with van der Waals surface area (Å²) in [5, 5.41) is 14.4. The largest absolute Gasteiger partial charge is 0.377 e. The minimum absolute atomic E-state index is 0.0282. The molecule has 1 heterocycles. The minimum atomic E-state index is -0.428. The molecule has 0 spiro atoms. The number of nitrogens with two attached hydrogens (primary N) is 1. The van der Waals surface area contributed by atoms with Gasteiger partial charge in [-0.25, -0.2) is 0 Å². The number of likely N-dealkylation sites (tertiary alicyclic amines) is 1. The summed E-state index contributed by atoms with van der Waals surface area (Å²) in [7, 11) is 0. The highest BCUT2D eigenvalue weighted by Crippen LogP contribution is 2.32. The molecule has 0 atom stereocenters. The van der Waals surface area contributed by atoms with Gasteiger partial charge in [-0.1, -0.05) is 0 Å². The summed E-state index contributed by atoms with van der Waals surface area (Å²) in [5.74, 6) is 0.333. The SMILES string of the molecule is NCC1CCN(C(=O)c2ccc(NC3CC3)c([N+](=O)[O-])c2)CC1. The lowest BCUT2D eigenvalue weighted by atomic mass is 9.96. The molecule has 3 N–H and O–H groups in total. The van der Waals surface area contributed by atoms with Crippen LogP contribution in [0.4, 0.5) is 11.4 Å². The number of carbonyl (C=O) groups is 1.